The molecule has 0 spiro atoms. The van der Waals surface area contributed by atoms with E-state index in [1.807, 2.05) is 74.5 Å². The third-order valence-electron chi connectivity index (χ3n) is 4.74. The largest absolute Gasteiger partial charge is 0.494 e. The molecule has 6 heteroatoms. The maximum absolute atomic E-state index is 12.6. The molecule has 0 radical (unpaired) electrons. The van der Waals surface area contributed by atoms with Gasteiger partial charge in [-0.15, -0.1) is 0 Å². The van der Waals surface area contributed by atoms with Crippen LogP contribution in [0.2, 0.25) is 0 Å². The van der Waals surface area contributed by atoms with Crippen molar-refractivity contribution in [1.82, 2.24) is 14.8 Å². The fourth-order valence-corrected chi connectivity index (χ4v) is 3.38. The lowest BCUT2D eigenvalue weighted by Crippen LogP contribution is -2.17. The first-order chi connectivity index (χ1) is 14.0. The number of amides is 1. The molecule has 4 rings (SSSR count). The second-order valence-electron chi connectivity index (χ2n) is 6.95. The van der Waals surface area contributed by atoms with E-state index in [4.69, 9.17) is 9.72 Å². The number of rotatable bonds is 5. The molecular formula is C23H22N4O2. The first-order valence-corrected chi connectivity index (χ1v) is 9.40. The predicted molar refractivity (Wildman–Crippen MR) is 114 cm³/mol. The molecule has 146 valence electrons. The van der Waals surface area contributed by atoms with Crippen molar-refractivity contribution < 1.29 is 9.53 Å². The van der Waals surface area contributed by atoms with E-state index in [0.717, 1.165) is 27.7 Å². The lowest BCUT2D eigenvalue weighted by Gasteiger charge is -2.12. The van der Waals surface area contributed by atoms with E-state index in [1.165, 1.54) is 0 Å². The number of para-hydroxylation sites is 1. The number of benzene rings is 2. The number of aromatic nitrogens is 3. The molecular weight excluding hydrogens is 364 g/mol. The van der Waals surface area contributed by atoms with Gasteiger partial charge in [0.25, 0.3) is 0 Å². The Morgan fingerprint density at radius 3 is 2.62 bits per heavy atom. The van der Waals surface area contributed by atoms with Crippen LogP contribution in [-0.2, 0) is 11.2 Å². The number of methoxy groups -OCH3 is 1. The molecule has 1 N–H and O–H groups in total. The third-order valence-corrected chi connectivity index (χ3v) is 4.74. The van der Waals surface area contributed by atoms with Crippen molar-refractivity contribution in [2.45, 2.75) is 20.3 Å². The third kappa shape index (κ3) is 3.82. The number of aryl methyl sites for hydroxylation is 2. The number of fused-ring (bicyclic) bond motifs is 1. The van der Waals surface area contributed by atoms with E-state index in [0.29, 0.717) is 23.8 Å². The van der Waals surface area contributed by atoms with Gasteiger partial charge in [0.05, 0.1) is 19.2 Å². The highest BCUT2D eigenvalue weighted by Crippen LogP contribution is 2.28. The summed E-state index contributed by atoms with van der Waals surface area (Å²) in [5.74, 6) is 1.81. The zero-order valence-corrected chi connectivity index (χ0v) is 16.6. The van der Waals surface area contributed by atoms with Crippen LogP contribution in [0.1, 0.15) is 16.8 Å². The summed E-state index contributed by atoms with van der Waals surface area (Å²) >= 11 is 0. The Morgan fingerprint density at radius 1 is 1.07 bits per heavy atom. The van der Waals surface area contributed by atoms with Crippen LogP contribution in [0.5, 0.6) is 5.75 Å². The molecule has 2 aromatic carbocycles. The van der Waals surface area contributed by atoms with Crippen molar-refractivity contribution in [2.24, 2.45) is 0 Å². The van der Waals surface area contributed by atoms with E-state index in [-0.39, 0.29) is 5.91 Å². The molecule has 0 unspecified atom stereocenters. The predicted octanol–water partition coefficient (Wildman–Crippen LogP) is 4.23. The Hall–Kier alpha value is -3.67. The van der Waals surface area contributed by atoms with E-state index in [1.54, 1.807) is 11.8 Å². The molecule has 0 aliphatic carbocycles. The number of anilines is 1. The summed E-state index contributed by atoms with van der Waals surface area (Å²) in [6.07, 6.45) is 0.295. The maximum atomic E-state index is 12.6. The quantitative estimate of drug-likeness (QED) is 0.557. The van der Waals surface area contributed by atoms with Crippen LogP contribution in [0.15, 0.2) is 60.7 Å². The Labute approximate surface area is 169 Å². The van der Waals surface area contributed by atoms with Crippen molar-refractivity contribution in [2.75, 3.05) is 12.4 Å². The van der Waals surface area contributed by atoms with Crippen LogP contribution in [0.25, 0.3) is 16.7 Å². The van der Waals surface area contributed by atoms with Crippen LogP contribution in [0.3, 0.4) is 0 Å². The Morgan fingerprint density at radius 2 is 1.86 bits per heavy atom. The van der Waals surface area contributed by atoms with Crippen LogP contribution in [0, 0.1) is 13.8 Å². The van der Waals surface area contributed by atoms with Crippen molar-refractivity contribution in [3.05, 3.63) is 77.5 Å². The molecule has 6 nitrogen and oxygen atoms in total. The minimum absolute atomic E-state index is 0.104. The number of carbonyl (C=O) groups is 1. The van der Waals surface area contributed by atoms with E-state index in [2.05, 4.69) is 10.4 Å². The highest BCUT2D eigenvalue weighted by molar-refractivity contribution is 5.92. The van der Waals surface area contributed by atoms with Crippen molar-refractivity contribution in [3.63, 3.8) is 0 Å². The van der Waals surface area contributed by atoms with Gasteiger partial charge in [0.15, 0.2) is 5.82 Å². The summed E-state index contributed by atoms with van der Waals surface area (Å²) in [6.45, 7) is 3.91. The van der Waals surface area contributed by atoms with Crippen LogP contribution in [0.4, 0.5) is 5.82 Å². The molecule has 0 bridgehead atoms. The summed E-state index contributed by atoms with van der Waals surface area (Å²) in [4.78, 5) is 17.3. The molecule has 0 atom stereocenters. The minimum atomic E-state index is -0.104. The van der Waals surface area contributed by atoms with Gasteiger partial charge in [-0.25, -0.2) is 4.98 Å². The topological polar surface area (TPSA) is 69.0 Å². The Balaban J connectivity index is 1.70. The summed E-state index contributed by atoms with van der Waals surface area (Å²) in [5, 5.41) is 8.53. The van der Waals surface area contributed by atoms with Gasteiger partial charge in [-0.1, -0.05) is 42.5 Å². The molecule has 2 heterocycles. The number of hydrogen-bond acceptors (Lipinski definition) is 4. The van der Waals surface area contributed by atoms with Gasteiger partial charge in [-0.3, -0.25) is 4.79 Å². The van der Waals surface area contributed by atoms with E-state index >= 15 is 0 Å². The van der Waals surface area contributed by atoms with E-state index < -0.39 is 0 Å². The highest BCUT2D eigenvalue weighted by atomic mass is 16.5. The lowest BCUT2D eigenvalue weighted by molar-refractivity contribution is -0.115. The first kappa shape index (κ1) is 18.7. The van der Waals surface area contributed by atoms with Crippen LogP contribution < -0.4 is 10.1 Å². The SMILES string of the molecule is COc1cccc2c(C)cc(-n3nc(C)cc3NC(=O)Cc3ccccc3)nc12. The molecule has 0 aliphatic rings. The zero-order chi connectivity index (χ0) is 20.4. The Kier molecular flexibility index (Phi) is 4.99. The fraction of sp³-hybridized carbons (Fsp3) is 0.174. The number of carbonyl (C=O) groups excluding carboxylic acids is 1. The summed E-state index contributed by atoms with van der Waals surface area (Å²) < 4.78 is 7.14. The highest BCUT2D eigenvalue weighted by Gasteiger charge is 2.15. The summed E-state index contributed by atoms with van der Waals surface area (Å²) in [6, 6.07) is 19.3. The molecule has 4 aromatic rings. The average molecular weight is 386 g/mol. The normalized spacial score (nSPS) is 10.9. The summed E-state index contributed by atoms with van der Waals surface area (Å²) in [7, 11) is 1.63. The number of nitrogens with one attached hydrogen (secondary N) is 1. The molecule has 0 saturated carbocycles. The van der Waals surface area contributed by atoms with Crippen molar-refractivity contribution >= 4 is 22.6 Å². The van der Waals surface area contributed by atoms with Gasteiger partial charge in [0, 0.05) is 11.5 Å². The van der Waals surface area contributed by atoms with Crippen LogP contribution in [-0.4, -0.2) is 27.8 Å². The summed E-state index contributed by atoms with van der Waals surface area (Å²) in [5.41, 5.74) is 3.56. The number of ether oxygens (including phenoxy) is 1. The fourth-order valence-electron chi connectivity index (χ4n) is 3.38. The second kappa shape index (κ2) is 7.75. The van der Waals surface area contributed by atoms with Crippen molar-refractivity contribution in [1.29, 1.82) is 0 Å². The maximum Gasteiger partial charge on any atom is 0.229 e. The Bertz CT molecular complexity index is 1180. The molecule has 2 aromatic heterocycles. The van der Waals surface area contributed by atoms with Gasteiger partial charge in [-0.05, 0) is 37.1 Å². The van der Waals surface area contributed by atoms with Crippen LogP contribution >= 0.6 is 0 Å². The standard InChI is InChI=1S/C23H22N4O2/c1-15-12-20(25-23-18(15)10-7-11-19(23)29-3)27-21(13-16(2)26-27)24-22(28)14-17-8-5-4-6-9-17/h4-13H,14H2,1-3H3,(H,24,28). The number of hydrogen-bond donors (Lipinski definition) is 1. The van der Waals surface area contributed by atoms with Gasteiger partial charge in [0.2, 0.25) is 5.91 Å². The second-order valence-corrected chi connectivity index (χ2v) is 6.95. The van der Waals surface area contributed by atoms with Gasteiger partial charge in [-0.2, -0.15) is 9.78 Å². The zero-order valence-electron chi connectivity index (χ0n) is 16.6. The lowest BCUT2D eigenvalue weighted by atomic mass is 10.1. The monoisotopic (exact) mass is 386 g/mol. The van der Waals surface area contributed by atoms with Gasteiger partial charge < -0.3 is 10.1 Å². The van der Waals surface area contributed by atoms with E-state index in [9.17, 15) is 4.79 Å². The van der Waals surface area contributed by atoms with Gasteiger partial charge in [0.1, 0.15) is 17.1 Å². The minimum Gasteiger partial charge on any atom is -0.494 e. The first-order valence-electron chi connectivity index (χ1n) is 9.40. The smallest absolute Gasteiger partial charge is 0.229 e. The van der Waals surface area contributed by atoms with Crippen molar-refractivity contribution in [3.8, 4) is 11.6 Å². The molecule has 1 amide bonds. The number of nitrogens with zero attached hydrogens (tertiary/aromatic N) is 3. The van der Waals surface area contributed by atoms with Gasteiger partial charge >= 0.3 is 0 Å². The average Bonchev–Trinajstić information content (AvgIpc) is 3.08. The molecule has 0 fully saturated rings. The number of pyridine rings is 1. The molecule has 29 heavy (non-hydrogen) atoms. The molecule has 0 aliphatic heterocycles. The molecule has 0 saturated heterocycles.